The van der Waals surface area contributed by atoms with Gasteiger partial charge < -0.3 is 24.5 Å². The fraction of sp³-hybridized carbons (Fsp3) is 0.174. The van der Waals surface area contributed by atoms with E-state index in [1.54, 1.807) is 18.2 Å². The van der Waals surface area contributed by atoms with Crippen LogP contribution >= 0.6 is 11.6 Å². The summed E-state index contributed by atoms with van der Waals surface area (Å²) in [4.78, 5) is 25.3. The van der Waals surface area contributed by atoms with Crippen LogP contribution in [0.5, 0.6) is 11.8 Å². The Bertz CT molecular complexity index is 1270. The molecule has 0 aliphatic carbocycles. The van der Waals surface area contributed by atoms with Crippen molar-refractivity contribution in [2.75, 3.05) is 31.2 Å². The molecule has 162 valence electrons. The highest BCUT2D eigenvalue weighted by molar-refractivity contribution is 6.33. The number of carboxylic acid groups (broad SMARTS) is 1. The Balaban J connectivity index is 1.39. The maximum atomic E-state index is 11.0. The fourth-order valence-corrected chi connectivity index (χ4v) is 3.84. The molecule has 4 aromatic rings. The van der Waals surface area contributed by atoms with Crippen LogP contribution in [0.1, 0.15) is 10.4 Å². The molecule has 1 aliphatic heterocycles. The molecular weight excluding hydrogens is 432 g/mol. The van der Waals surface area contributed by atoms with Gasteiger partial charge in [-0.3, -0.25) is 0 Å². The van der Waals surface area contributed by atoms with Gasteiger partial charge in [0, 0.05) is 24.3 Å². The van der Waals surface area contributed by atoms with Crippen LogP contribution in [-0.4, -0.2) is 52.3 Å². The van der Waals surface area contributed by atoms with Gasteiger partial charge >= 0.3 is 12.0 Å². The third-order valence-corrected chi connectivity index (χ3v) is 5.53. The SMILES string of the molecule is O=C(O)c1ccc(Oc2nc3nc(-c4ccc(N5CCOCC5)cc4)c(Cl)cc3[nH]2)cc1. The number of H-pyrrole nitrogens is 1. The summed E-state index contributed by atoms with van der Waals surface area (Å²) in [5.74, 6) is -0.538. The highest BCUT2D eigenvalue weighted by Gasteiger charge is 2.15. The minimum absolute atomic E-state index is 0.180. The molecule has 1 fully saturated rings. The van der Waals surface area contributed by atoms with E-state index in [0.29, 0.717) is 27.6 Å². The van der Waals surface area contributed by atoms with Crippen LogP contribution < -0.4 is 9.64 Å². The zero-order valence-corrected chi connectivity index (χ0v) is 17.7. The summed E-state index contributed by atoms with van der Waals surface area (Å²) >= 11 is 6.51. The number of hydrogen-bond donors (Lipinski definition) is 2. The summed E-state index contributed by atoms with van der Waals surface area (Å²) in [5, 5.41) is 9.50. The van der Waals surface area contributed by atoms with E-state index in [0.717, 1.165) is 37.6 Å². The maximum Gasteiger partial charge on any atom is 0.335 e. The minimum atomic E-state index is -0.996. The number of pyridine rings is 1. The topological polar surface area (TPSA) is 101 Å². The molecular formula is C23H19ClN4O4. The van der Waals surface area contributed by atoms with E-state index in [-0.39, 0.29) is 11.6 Å². The van der Waals surface area contributed by atoms with Crippen LogP contribution in [0.4, 0.5) is 5.69 Å². The van der Waals surface area contributed by atoms with E-state index in [1.807, 2.05) is 12.1 Å². The second kappa shape index (κ2) is 8.49. The Morgan fingerprint density at radius 3 is 2.47 bits per heavy atom. The smallest absolute Gasteiger partial charge is 0.335 e. The molecule has 8 nitrogen and oxygen atoms in total. The highest BCUT2D eigenvalue weighted by Crippen LogP contribution is 2.31. The number of carboxylic acids is 1. The van der Waals surface area contributed by atoms with Crippen molar-refractivity contribution >= 4 is 34.4 Å². The number of nitrogens with zero attached hydrogens (tertiary/aromatic N) is 3. The van der Waals surface area contributed by atoms with E-state index in [4.69, 9.17) is 26.2 Å². The number of aromatic nitrogens is 3. The van der Waals surface area contributed by atoms with Gasteiger partial charge in [0.2, 0.25) is 0 Å². The highest BCUT2D eigenvalue weighted by atomic mass is 35.5. The number of morpholine rings is 1. The van der Waals surface area contributed by atoms with Gasteiger partial charge in [0.25, 0.3) is 0 Å². The Morgan fingerprint density at radius 1 is 1.06 bits per heavy atom. The van der Waals surface area contributed by atoms with Crippen LogP contribution in [0, 0.1) is 0 Å². The second-order valence-corrected chi connectivity index (χ2v) is 7.72. The van der Waals surface area contributed by atoms with E-state index in [1.165, 1.54) is 12.1 Å². The van der Waals surface area contributed by atoms with Crippen LogP contribution in [0.15, 0.2) is 54.6 Å². The zero-order chi connectivity index (χ0) is 22.1. The molecule has 9 heteroatoms. The van der Waals surface area contributed by atoms with Crippen LogP contribution in [0.2, 0.25) is 5.02 Å². The number of nitrogens with one attached hydrogen (secondary N) is 1. The van der Waals surface area contributed by atoms with Crippen molar-refractivity contribution in [2.24, 2.45) is 0 Å². The van der Waals surface area contributed by atoms with Gasteiger partial charge in [-0.15, -0.1) is 0 Å². The number of fused-ring (bicyclic) bond motifs is 1. The summed E-state index contributed by atoms with van der Waals surface area (Å²) < 4.78 is 11.1. The van der Waals surface area contributed by atoms with Crippen molar-refractivity contribution in [3.8, 4) is 23.0 Å². The van der Waals surface area contributed by atoms with Crippen LogP contribution in [0.3, 0.4) is 0 Å². The molecule has 0 amide bonds. The summed E-state index contributed by atoms with van der Waals surface area (Å²) in [5.41, 5.74) is 3.96. The molecule has 0 atom stereocenters. The standard InChI is InChI=1S/C23H19ClN4O4/c24-18-13-19-21(27-23(25-19)32-17-7-3-15(4-8-17)22(29)30)26-20(18)14-1-5-16(6-2-14)28-9-11-31-12-10-28/h1-8,13H,9-12H2,(H,29,30)(H,25,26,27). The fourth-order valence-electron chi connectivity index (χ4n) is 3.58. The molecule has 1 aliphatic rings. The molecule has 0 saturated carbocycles. The van der Waals surface area contributed by atoms with Gasteiger partial charge in [0.15, 0.2) is 5.65 Å². The predicted molar refractivity (Wildman–Crippen MR) is 121 cm³/mol. The summed E-state index contributed by atoms with van der Waals surface area (Å²) in [6.45, 7) is 3.22. The molecule has 2 aromatic carbocycles. The number of carbonyl (C=O) groups is 1. The molecule has 3 heterocycles. The predicted octanol–water partition coefficient (Wildman–Crippen LogP) is 4.61. The Hall–Kier alpha value is -3.62. The van der Waals surface area contributed by atoms with E-state index < -0.39 is 5.97 Å². The van der Waals surface area contributed by atoms with Crippen molar-refractivity contribution in [3.63, 3.8) is 0 Å². The lowest BCUT2D eigenvalue weighted by atomic mass is 10.1. The number of imidazole rings is 1. The first-order chi connectivity index (χ1) is 15.6. The van der Waals surface area contributed by atoms with Gasteiger partial charge in [-0.1, -0.05) is 23.7 Å². The largest absolute Gasteiger partial charge is 0.478 e. The number of halogens is 1. The van der Waals surface area contributed by atoms with Crippen LogP contribution in [-0.2, 0) is 4.74 Å². The molecule has 5 rings (SSSR count). The van der Waals surface area contributed by atoms with Gasteiger partial charge in [0.1, 0.15) is 5.75 Å². The summed E-state index contributed by atoms with van der Waals surface area (Å²) in [6.07, 6.45) is 0. The summed E-state index contributed by atoms with van der Waals surface area (Å²) in [6, 6.07) is 16.2. The number of anilines is 1. The van der Waals surface area contributed by atoms with Crippen molar-refractivity contribution in [3.05, 3.63) is 65.2 Å². The lowest BCUT2D eigenvalue weighted by Gasteiger charge is -2.28. The number of aromatic amines is 1. The number of aromatic carboxylic acids is 1. The van der Waals surface area contributed by atoms with Crippen molar-refractivity contribution in [2.45, 2.75) is 0 Å². The van der Waals surface area contributed by atoms with Crippen LogP contribution in [0.25, 0.3) is 22.4 Å². The van der Waals surface area contributed by atoms with Gasteiger partial charge in [-0.25, -0.2) is 9.78 Å². The Labute approximate surface area is 188 Å². The quantitative estimate of drug-likeness (QED) is 0.458. The number of benzene rings is 2. The lowest BCUT2D eigenvalue weighted by molar-refractivity contribution is 0.0697. The zero-order valence-electron chi connectivity index (χ0n) is 16.9. The Morgan fingerprint density at radius 2 is 1.78 bits per heavy atom. The maximum absolute atomic E-state index is 11.0. The molecule has 0 bridgehead atoms. The van der Waals surface area contributed by atoms with Crippen molar-refractivity contribution in [1.82, 2.24) is 15.0 Å². The first-order valence-electron chi connectivity index (χ1n) is 10.1. The third-order valence-electron chi connectivity index (χ3n) is 5.24. The first-order valence-corrected chi connectivity index (χ1v) is 10.5. The van der Waals surface area contributed by atoms with Crippen molar-refractivity contribution in [1.29, 1.82) is 0 Å². The number of hydrogen-bond acceptors (Lipinski definition) is 6. The number of rotatable bonds is 5. The molecule has 32 heavy (non-hydrogen) atoms. The molecule has 2 N–H and O–H groups in total. The average Bonchev–Trinajstić information content (AvgIpc) is 3.20. The van der Waals surface area contributed by atoms with Crippen molar-refractivity contribution < 1.29 is 19.4 Å². The number of ether oxygens (including phenoxy) is 2. The Kier molecular flexibility index (Phi) is 5.38. The average molecular weight is 451 g/mol. The van der Waals surface area contributed by atoms with Gasteiger partial charge in [-0.2, -0.15) is 4.98 Å². The molecule has 1 saturated heterocycles. The first kappa shape index (κ1) is 20.3. The molecule has 0 unspecified atom stereocenters. The normalized spacial score (nSPS) is 14.0. The monoisotopic (exact) mass is 450 g/mol. The minimum Gasteiger partial charge on any atom is -0.478 e. The second-order valence-electron chi connectivity index (χ2n) is 7.31. The third kappa shape index (κ3) is 4.10. The molecule has 2 aromatic heterocycles. The van der Waals surface area contributed by atoms with E-state index >= 15 is 0 Å². The van der Waals surface area contributed by atoms with Gasteiger partial charge in [0.05, 0.1) is 35.0 Å². The van der Waals surface area contributed by atoms with E-state index in [9.17, 15) is 4.79 Å². The molecule has 0 spiro atoms. The van der Waals surface area contributed by atoms with E-state index in [2.05, 4.69) is 32.0 Å². The lowest BCUT2D eigenvalue weighted by Crippen LogP contribution is -2.36. The molecule has 0 radical (unpaired) electrons. The van der Waals surface area contributed by atoms with Gasteiger partial charge in [-0.05, 0) is 42.5 Å². The summed E-state index contributed by atoms with van der Waals surface area (Å²) in [7, 11) is 0.